The molecule has 5 fully saturated rings. The molecular weight excluding hydrogens is 909 g/mol. The lowest BCUT2D eigenvalue weighted by atomic mass is 9.78. The van der Waals surface area contributed by atoms with Gasteiger partial charge in [-0.1, -0.05) is 285 Å². The summed E-state index contributed by atoms with van der Waals surface area (Å²) < 4.78 is 30.1. The minimum absolute atomic E-state index is 0.338. The zero-order valence-corrected chi connectivity index (χ0v) is 50.8. The summed E-state index contributed by atoms with van der Waals surface area (Å²) in [5, 5.41) is 7.00. The van der Waals surface area contributed by atoms with Crippen molar-refractivity contribution in [1.82, 2.24) is 0 Å². The average Bonchev–Trinajstić information content (AvgIpc) is 3.39. The smallest absolute Gasteiger partial charge is 0.0606 e. The normalized spacial score (nSPS) is 29.4. The molecule has 5 heteroatoms. The number of ether oxygens (including phenoxy) is 4. The molecule has 4 saturated carbocycles. The van der Waals surface area contributed by atoms with Crippen LogP contribution in [0.4, 0.5) is 0 Å². The third-order valence-electron chi connectivity index (χ3n) is 19.3. The highest BCUT2D eigenvalue weighted by atomic mass is 16.5. The Kier molecular flexibility index (Phi) is 39.9. The van der Waals surface area contributed by atoms with Crippen molar-refractivity contribution in [2.75, 3.05) is 7.11 Å². The molecule has 0 aromatic heterocycles. The van der Waals surface area contributed by atoms with E-state index in [0.717, 1.165) is 56.5 Å². The Morgan fingerprint density at radius 1 is 0.203 bits per heavy atom. The summed E-state index contributed by atoms with van der Waals surface area (Å²) in [5.41, 5.74) is 0. The molecule has 4 aliphatic carbocycles. The quantitative estimate of drug-likeness (QED) is 0.0620. The molecule has 0 aromatic carbocycles. The van der Waals surface area contributed by atoms with Crippen LogP contribution in [0.25, 0.3) is 0 Å². The van der Waals surface area contributed by atoms with Crippen LogP contribution in [0.1, 0.15) is 362 Å². The zero-order chi connectivity index (χ0) is 52.5. The maximum atomic E-state index is 7.53. The molecule has 0 amide bonds. The van der Waals surface area contributed by atoms with Gasteiger partial charge in [-0.25, -0.2) is 0 Å². The van der Waals surface area contributed by atoms with Gasteiger partial charge >= 0.3 is 0 Å². The minimum atomic E-state index is 0.338. The van der Waals surface area contributed by atoms with Crippen molar-refractivity contribution < 1.29 is 24.1 Å². The van der Waals surface area contributed by atoms with Crippen LogP contribution >= 0.6 is 0 Å². The molecule has 8 bridgehead atoms. The van der Waals surface area contributed by atoms with Crippen LogP contribution in [0, 0.1) is 23.7 Å². The fourth-order valence-electron chi connectivity index (χ4n) is 15.2. The van der Waals surface area contributed by atoms with Gasteiger partial charge in [0.05, 0.1) is 48.8 Å². The number of aliphatic hydroxyl groups is 1. The Balaban J connectivity index is 0.00000585. The second-order valence-electron chi connectivity index (χ2n) is 26.3. The maximum Gasteiger partial charge on any atom is 0.0606 e. The molecule has 1 aliphatic heterocycles. The Hall–Kier alpha value is -0.200. The molecule has 1 saturated heterocycles. The Morgan fingerprint density at radius 2 is 0.338 bits per heavy atom. The minimum Gasteiger partial charge on any atom is -0.400 e. The van der Waals surface area contributed by atoms with Crippen LogP contribution in [0.2, 0.25) is 0 Å². The molecule has 1 heterocycles. The fraction of sp³-hybridized carbons (Fsp3) is 1.00. The number of hydrogen-bond acceptors (Lipinski definition) is 5. The first-order valence-electron chi connectivity index (χ1n) is 34.6. The highest BCUT2D eigenvalue weighted by molar-refractivity contribution is 4.90. The summed E-state index contributed by atoms with van der Waals surface area (Å²) >= 11 is 0. The third kappa shape index (κ3) is 31.0. The van der Waals surface area contributed by atoms with Gasteiger partial charge < -0.3 is 24.1 Å². The van der Waals surface area contributed by atoms with E-state index in [1.807, 2.05) is 0 Å². The van der Waals surface area contributed by atoms with Crippen molar-refractivity contribution in [3.05, 3.63) is 0 Å². The van der Waals surface area contributed by atoms with Gasteiger partial charge in [0, 0.05) is 7.11 Å². The van der Waals surface area contributed by atoms with Gasteiger partial charge in [-0.15, -0.1) is 0 Å². The van der Waals surface area contributed by atoms with E-state index in [1.165, 1.54) is 308 Å². The lowest BCUT2D eigenvalue weighted by molar-refractivity contribution is -0.173. The lowest BCUT2D eigenvalue weighted by Gasteiger charge is -2.45. The Morgan fingerprint density at radius 3 is 0.486 bits per heavy atom. The number of hydrogen-bond donors (Lipinski definition) is 1. The van der Waals surface area contributed by atoms with Gasteiger partial charge in [0.2, 0.25) is 0 Å². The summed E-state index contributed by atoms with van der Waals surface area (Å²) in [6.07, 6.45) is 73.6. The highest BCUT2D eigenvalue weighted by Crippen LogP contribution is 2.43. The van der Waals surface area contributed by atoms with Gasteiger partial charge in [-0.05, 0) is 101 Å². The van der Waals surface area contributed by atoms with Crippen LogP contribution in [0.5, 0.6) is 0 Å². The molecule has 0 spiro atoms. The molecule has 74 heavy (non-hydrogen) atoms. The molecular formula is C69H132O5. The van der Waals surface area contributed by atoms with Crippen molar-refractivity contribution in [3.8, 4) is 0 Å². The van der Waals surface area contributed by atoms with Crippen LogP contribution in [0.15, 0.2) is 0 Å². The van der Waals surface area contributed by atoms with E-state index >= 15 is 0 Å². The van der Waals surface area contributed by atoms with E-state index < -0.39 is 0 Å². The first-order valence-corrected chi connectivity index (χ1v) is 34.6. The monoisotopic (exact) mass is 1040 g/mol. The molecule has 438 valence electrons. The van der Waals surface area contributed by atoms with E-state index in [9.17, 15) is 0 Å². The molecule has 5 rings (SSSR count). The van der Waals surface area contributed by atoms with Crippen LogP contribution in [0.3, 0.4) is 0 Å². The van der Waals surface area contributed by atoms with E-state index in [1.54, 1.807) is 0 Å². The maximum absolute atomic E-state index is 7.53. The largest absolute Gasteiger partial charge is 0.400 e. The van der Waals surface area contributed by atoms with Gasteiger partial charge in [0.15, 0.2) is 0 Å². The van der Waals surface area contributed by atoms with E-state index in [-0.39, 0.29) is 0 Å². The van der Waals surface area contributed by atoms with Crippen molar-refractivity contribution >= 4 is 0 Å². The van der Waals surface area contributed by atoms with Crippen LogP contribution < -0.4 is 0 Å². The summed E-state index contributed by atoms with van der Waals surface area (Å²) in [6.45, 7) is 9.34. The Bertz CT molecular complexity index is 1000. The first kappa shape index (κ1) is 66.3. The van der Waals surface area contributed by atoms with Crippen LogP contribution in [-0.4, -0.2) is 61.0 Å². The van der Waals surface area contributed by atoms with E-state index in [4.69, 9.17) is 24.1 Å². The van der Waals surface area contributed by atoms with E-state index in [0.29, 0.717) is 48.8 Å². The fourth-order valence-corrected chi connectivity index (χ4v) is 15.2. The van der Waals surface area contributed by atoms with Crippen molar-refractivity contribution in [2.24, 2.45) is 23.7 Å². The summed E-state index contributed by atoms with van der Waals surface area (Å²) in [4.78, 5) is 0. The predicted octanol–water partition coefficient (Wildman–Crippen LogP) is 21.5. The molecule has 5 aliphatic rings. The number of rotatable bonds is 40. The van der Waals surface area contributed by atoms with Gasteiger partial charge in [-0.2, -0.15) is 0 Å². The van der Waals surface area contributed by atoms with Crippen molar-refractivity contribution in [3.63, 3.8) is 0 Å². The molecule has 0 aromatic rings. The van der Waals surface area contributed by atoms with Crippen LogP contribution in [-0.2, 0) is 18.9 Å². The number of fused-ring (bicyclic) bond motifs is 8. The molecule has 8 unspecified atom stereocenters. The average molecular weight is 1040 g/mol. The molecule has 0 radical (unpaired) electrons. The zero-order valence-electron chi connectivity index (χ0n) is 50.8. The highest BCUT2D eigenvalue weighted by Gasteiger charge is 2.41. The third-order valence-corrected chi connectivity index (χ3v) is 19.3. The standard InChI is InChI=1S/C68H128O4.CH4O/c1-5-9-13-17-21-25-29-33-37-41-57-45-61-53-62(46-57)70-64-48-59(43-39-35-31-27-23-19-15-11-7-3)50-66(55-64)72-68-52-60(44-40-36-32-28-24-20-16-12-8-4)51-67(56-68)71-65-49-58(47-63(54-65)69-61)42-38-34-30-26-22-18-14-10-6-2;1-2/h57-68H,5-56H2,1-4H3;2H,1H3. The van der Waals surface area contributed by atoms with Gasteiger partial charge in [-0.3, -0.25) is 0 Å². The summed E-state index contributed by atoms with van der Waals surface area (Å²) in [6, 6.07) is 0. The van der Waals surface area contributed by atoms with Crippen molar-refractivity contribution in [2.45, 2.75) is 410 Å². The Labute approximate surface area is 463 Å². The van der Waals surface area contributed by atoms with Gasteiger partial charge in [0.25, 0.3) is 0 Å². The SMILES string of the molecule is CCCCCCCCCCCC1CC2CC(C1)OC1CC(CCCCCCCCCCC)CC(C1)OC1CC(CCCCCCCCCCC)CC(C1)OC1CC(CCCCCCCCCCC)CC(C1)O2.CO. The van der Waals surface area contributed by atoms with E-state index in [2.05, 4.69) is 27.7 Å². The second-order valence-corrected chi connectivity index (χ2v) is 26.3. The molecule has 5 nitrogen and oxygen atoms in total. The first-order chi connectivity index (χ1) is 36.5. The lowest BCUT2D eigenvalue weighted by Crippen LogP contribution is -2.45. The molecule has 8 atom stereocenters. The summed E-state index contributed by atoms with van der Waals surface area (Å²) in [5.74, 6) is 2.95. The number of aliphatic hydroxyl groups excluding tert-OH is 1. The molecule has 1 N–H and O–H groups in total. The summed E-state index contributed by atoms with van der Waals surface area (Å²) in [7, 11) is 1.00. The van der Waals surface area contributed by atoms with Gasteiger partial charge in [0.1, 0.15) is 0 Å². The number of unbranched alkanes of at least 4 members (excludes halogenated alkanes) is 32. The van der Waals surface area contributed by atoms with Crippen molar-refractivity contribution in [1.29, 1.82) is 0 Å². The predicted molar refractivity (Wildman–Crippen MR) is 320 cm³/mol. The second kappa shape index (κ2) is 44.5. The topological polar surface area (TPSA) is 57.2 Å².